The second kappa shape index (κ2) is 4.83. The Morgan fingerprint density at radius 2 is 1.95 bits per heavy atom. The van der Waals surface area contributed by atoms with Crippen LogP contribution in [0.1, 0.15) is 5.56 Å². The first-order valence-electron chi connectivity index (χ1n) is 5.29. The first-order valence-corrected chi connectivity index (χ1v) is 5.29. The molecular formula is C12H9F4N3. The van der Waals surface area contributed by atoms with Crippen LogP contribution in [-0.2, 0) is 6.18 Å². The zero-order valence-electron chi connectivity index (χ0n) is 9.79. The fraction of sp³-hybridized carbons (Fsp3) is 0.167. The molecule has 19 heavy (non-hydrogen) atoms. The average Bonchev–Trinajstić information content (AvgIpc) is 2.38. The summed E-state index contributed by atoms with van der Waals surface area (Å²) in [7, 11) is 1.53. The van der Waals surface area contributed by atoms with Crippen LogP contribution in [0.5, 0.6) is 0 Å². The van der Waals surface area contributed by atoms with Crippen LogP contribution < -0.4 is 5.32 Å². The van der Waals surface area contributed by atoms with Crippen molar-refractivity contribution < 1.29 is 17.6 Å². The lowest BCUT2D eigenvalue weighted by atomic mass is 10.1. The monoisotopic (exact) mass is 271 g/mol. The number of nitrogens with one attached hydrogen (secondary N) is 1. The summed E-state index contributed by atoms with van der Waals surface area (Å²) in [6, 6.07) is 4.34. The zero-order valence-corrected chi connectivity index (χ0v) is 9.79. The fourth-order valence-corrected chi connectivity index (χ4v) is 1.53. The Balaban J connectivity index is 2.53. The molecule has 3 nitrogen and oxygen atoms in total. The van der Waals surface area contributed by atoms with Gasteiger partial charge in [0.15, 0.2) is 5.82 Å². The maximum absolute atomic E-state index is 13.6. The number of benzene rings is 1. The van der Waals surface area contributed by atoms with Gasteiger partial charge in [-0.1, -0.05) is 12.1 Å². The molecule has 2 rings (SSSR count). The molecule has 0 saturated carbocycles. The first-order chi connectivity index (χ1) is 8.91. The summed E-state index contributed by atoms with van der Waals surface area (Å²) in [5.41, 5.74) is -0.981. The van der Waals surface area contributed by atoms with Gasteiger partial charge < -0.3 is 5.32 Å². The van der Waals surface area contributed by atoms with E-state index in [4.69, 9.17) is 0 Å². The number of anilines is 1. The van der Waals surface area contributed by atoms with E-state index in [2.05, 4.69) is 15.3 Å². The topological polar surface area (TPSA) is 37.8 Å². The van der Waals surface area contributed by atoms with Gasteiger partial charge in [-0.25, -0.2) is 14.4 Å². The predicted octanol–water partition coefficient (Wildman–Crippen LogP) is 3.34. The van der Waals surface area contributed by atoms with Crippen molar-refractivity contribution in [2.45, 2.75) is 6.18 Å². The Bertz CT molecular complexity index is 596. The molecule has 1 N–H and O–H groups in total. The molecule has 0 spiro atoms. The molecule has 1 aromatic carbocycles. The Kier molecular flexibility index (Phi) is 3.37. The van der Waals surface area contributed by atoms with Crippen LogP contribution in [0.2, 0.25) is 0 Å². The van der Waals surface area contributed by atoms with E-state index in [1.807, 2.05) is 0 Å². The minimum Gasteiger partial charge on any atom is -0.357 e. The van der Waals surface area contributed by atoms with E-state index < -0.39 is 17.6 Å². The van der Waals surface area contributed by atoms with Gasteiger partial charge in [-0.05, 0) is 12.1 Å². The van der Waals surface area contributed by atoms with Gasteiger partial charge in [-0.2, -0.15) is 13.2 Å². The molecule has 2 aromatic rings. The van der Waals surface area contributed by atoms with E-state index in [1.165, 1.54) is 19.2 Å². The van der Waals surface area contributed by atoms with Crippen molar-refractivity contribution in [1.82, 2.24) is 9.97 Å². The number of hydrogen-bond acceptors (Lipinski definition) is 3. The molecule has 0 aliphatic heterocycles. The average molecular weight is 271 g/mol. The number of nitrogens with zero attached hydrogens (tertiary/aromatic N) is 2. The molecule has 1 heterocycles. The maximum atomic E-state index is 13.6. The lowest BCUT2D eigenvalue weighted by molar-refractivity contribution is -0.137. The summed E-state index contributed by atoms with van der Waals surface area (Å²) < 4.78 is 51.4. The standard InChI is InChI=1S/C12H9F4N3/c1-17-11-18-6-9(13)10(19-11)7-3-2-4-8(5-7)12(14,15)16/h2-6H,1H3,(H,17,18,19). The first kappa shape index (κ1) is 13.3. The van der Waals surface area contributed by atoms with Crippen molar-refractivity contribution in [3.8, 4) is 11.3 Å². The second-order valence-corrected chi connectivity index (χ2v) is 3.72. The number of hydrogen-bond donors (Lipinski definition) is 1. The number of rotatable bonds is 2. The molecular weight excluding hydrogens is 262 g/mol. The SMILES string of the molecule is CNc1ncc(F)c(-c2cccc(C(F)(F)F)c2)n1. The third-order valence-corrected chi connectivity index (χ3v) is 2.43. The molecule has 7 heteroatoms. The van der Waals surface area contributed by atoms with Crippen LogP contribution in [-0.4, -0.2) is 17.0 Å². The van der Waals surface area contributed by atoms with Gasteiger partial charge in [0.1, 0.15) is 5.69 Å². The normalized spacial score (nSPS) is 11.4. The minimum atomic E-state index is -4.48. The maximum Gasteiger partial charge on any atom is 0.416 e. The zero-order chi connectivity index (χ0) is 14.0. The molecule has 0 radical (unpaired) electrons. The fourth-order valence-electron chi connectivity index (χ4n) is 1.53. The summed E-state index contributed by atoms with van der Waals surface area (Å²) >= 11 is 0. The summed E-state index contributed by atoms with van der Waals surface area (Å²) in [6.45, 7) is 0. The molecule has 0 aliphatic rings. The highest BCUT2D eigenvalue weighted by molar-refractivity contribution is 5.61. The Morgan fingerprint density at radius 3 is 2.58 bits per heavy atom. The molecule has 0 amide bonds. The largest absolute Gasteiger partial charge is 0.416 e. The van der Waals surface area contributed by atoms with Crippen molar-refractivity contribution in [1.29, 1.82) is 0 Å². The lowest BCUT2D eigenvalue weighted by Gasteiger charge is -2.09. The molecule has 0 bridgehead atoms. The van der Waals surface area contributed by atoms with E-state index in [1.54, 1.807) is 0 Å². The third kappa shape index (κ3) is 2.81. The van der Waals surface area contributed by atoms with Crippen molar-refractivity contribution in [2.24, 2.45) is 0 Å². The smallest absolute Gasteiger partial charge is 0.357 e. The van der Waals surface area contributed by atoms with E-state index in [9.17, 15) is 17.6 Å². The van der Waals surface area contributed by atoms with Gasteiger partial charge in [0.25, 0.3) is 0 Å². The molecule has 1 aromatic heterocycles. The number of halogens is 4. The van der Waals surface area contributed by atoms with Crippen LogP contribution >= 0.6 is 0 Å². The van der Waals surface area contributed by atoms with Crippen LogP contribution in [0.3, 0.4) is 0 Å². The Labute approximate surface area is 106 Å². The van der Waals surface area contributed by atoms with Crippen molar-refractivity contribution in [3.63, 3.8) is 0 Å². The van der Waals surface area contributed by atoms with Crippen molar-refractivity contribution in [2.75, 3.05) is 12.4 Å². The molecule has 0 saturated heterocycles. The third-order valence-electron chi connectivity index (χ3n) is 2.43. The highest BCUT2D eigenvalue weighted by Crippen LogP contribution is 2.32. The van der Waals surface area contributed by atoms with Gasteiger partial charge in [-0.15, -0.1) is 0 Å². The number of aromatic nitrogens is 2. The molecule has 0 fully saturated rings. The lowest BCUT2D eigenvalue weighted by Crippen LogP contribution is -2.05. The highest BCUT2D eigenvalue weighted by atomic mass is 19.4. The van der Waals surface area contributed by atoms with Crippen molar-refractivity contribution in [3.05, 3.63) is 41.8 Å². The van der Waals surface area contributed by atoms with E-state index in [-0.39, 0.29) is 17.2 Å². The van der Waals surface area contributed by atoms with E-state index >= 15 is 0 Å². The summed E-state index contributed by atoms with van der Waals surface area (Å²) in [6.07, 6.45) is -3.57. The van der Waals surface area contributed by atoms with Gasteiger partial charge in [-0.3, -0.25) is 0 Å². The molecule has 0 unspecified atom stereocenters. The molecule has 100 valence electrons. The summed E-state index contributed by atoms with van der Waals surface area (Å²) in [5.74, 6) is -0.646. The van der Waals surface area contributed by atoms with Crippen LogP contribution in [0.15, 0.2) is 30.5 Å². The number of alkyl halides is 3. The van der Waals surface area contributed by atoms with Gasteiger partial charge in [0.2, 0.25) is 5.95 Å². The van der Waals surface area contributed by atoms with Gasteiger partial charge >= 0.3 is 6.18 Å². The summed E-state index contributed by atoms with van der Waals surface area (Å²) in [5, 5.41) is 2.60. The van der Waals surface area contributed by atoms with E-state index in [0.717, 1.165) is 18.3 Å². The van der Waals surface area contributed by atoms with Gasteiger partial charge in [0.05, 0.1) is 11.8 Å². The van der Waals surface area contributed by atoms with Crippen LogP contribution in [0.25, 0.3) is 11.3 Å². The van der Waals surface area contributed by atoms with Crippen LogP contribution in [0, 0.1) is 5.82 Å². The van der Waals surface area contributed by atoms with E-state index in [0.29, 0.717) is 0 Å². The highest BCUT2D eigenvalue weighted by Gasteiger charge is 2.30. The van der Waals surface area contributed by atoms with Gasteiger partial charge in [0, 0.05) is 12.6 Å². The van der Waals surface area contributed by atoms with Crippen molar-refractivity contribution >= 4 is 5.95 Å². The Hall–Kier alpha value is -2.18. The molecule has 0 atom stereocenters. The predicted molar refractivity (Wildman–Crippen MR) is 62.0 cm³/mol. The Morgan fingerprint density at radius 1 is 1.21 bits per heavy atom. The molecule has 0 aliphatic carbocycles. The quantitative estimate of drug-likeness (QED) is 0.851. The summed E-state index contributed by atoms with van der Waals surface area (Å²) in [4.78, 5) is 7.45. The van der Waals surface area contributed by atoms with Crippen LogP contribution in [0.4, 0.5) is 23.5 Å². The second-order valence-electron chi connectivity index (χ2n) is 3.72. The minimum absolute atomic E-state index is 0.0474.